The lowest BCUT2D eigenvalue weighted by Crippen LogP contribution is -2.49. The van der Waals surface area contributed by atoms with Crippen molar-refractivity contribution in [3.63, 3.8) is 0 Å². The molecule has 1 N–H and O–H groups in total. The molecule has 1 aliphatic rings. The zero-order valence-corrected chi connectivity index (χ0v) is 17.0. The molecule has 1 atom stereocenters. The number of halogens is 1. The maximum absolute atomic E-state index is 12.8. The van der Waals surface area contributed by atoms with Crippen LogP contribution in [0.1, 0.15) is 12.8 Å². The summed E-state index contributed by atoms with van der Waals surface area (Å²) in [6.07, 6.45) is 1.05. The summed E-state index contributed by atoms with van der Waals surface area (Å²) in [5.74, 6) is 0. The number of nitrogens with zero attached hydrogens (tertiary/aromatic N) is 3. The molecular formula is C16H25ClN4O5S. The number of hydrogen-bond donors (Lipinski definition) is 1. The summed E-state index contributed by atoms with van der Waals surface area (Å²) in [6, 6.07) is 4.60. The van der Waals surface area contributed by atoms with Gasteiger partial charge in [0.25, 0.3) is 5.69 Å². The SMILES string of the molecule is CN(C)CCNC(=O)N1CCCC(S(=O)(=O)c2ccc([N+](=O)[O-])cc2)C1.Cl. The summed E-state index contributed by atoms with van der Waals surface area (Å²) in [7, 11) is 0.148. The van der Waals surface area contributed by atoms with E-state index in [-0.39, 0.29) is 35.6 Å². The van der Waals surface area contributed by atoms with E-state index in [0.29, 0.717) is 32.5 Å². The Morgan fingerprint density at radius 2 is 1.96 bits per heavy atom. The summed E-state index contributed by atoms with van der Waals surface area (Å²) in [5.41, 5.74) is -0.158. The molecule has 27 heavy (non-hydrogen) atoms. The van der Waals surface area contributed by atoms with Crippen molar-refractivity contribution in [2.45, 2.75) is 23.0 Å². The van der Waals surface area contributed by atoms with Crippen molar-refractivity contribution in [2.75, 3.05) is 40.3 Å². The van der Waals surface area contributed by atoms with Crippen LogP contribution in [-0.4, -0.2) is 74.7 Å². The number of amides is 2. The van der Waals surface area contributed by atoms with E-state index in [9.17, 15) is 23.3 Å². The third kappa shape index (κ3) is 6.05. The van der Waals surface area contributed by atoms with E-state index in [2.05, 4.69) is 5.32 Å². The van der Waals surface area contributed by atoms with Gasteiger partial charge in [-0.1, -0.05) is 0 Å². The highest BCUT2D eigenvalue weighted by atomic mass is 35.5. The van der Waals surface area contributed by atoms with E-state index in [1.165, 1.54) is 29.2 Å². The summed E-state index contributed by atoms with van der Waals surface area (Å²) in [5, 5.41) is 12.8. The molecule has 152 valence electrons. The first-order chi connectivity index (χ1) is 12.2. The average Bonchev–Trinajstić information content (AvgIpc) is 2.61. The van der Waals surface area contributed by atoms with Gasteiger partial charge < -0.3 is 15.1 Å². The van der Waals surface area contributed by atoms with Gasteiger partial charge in [-0.05, 0) is 39.1 Å². The summed E-state index contributed by atoms with van der Waals surface area (Å²) in [6.45, 7) is 1.82. The van der Waals surface area contributed by atoms with Gasteiger partial charge in [-0.3, -0.25) is 10.1 Å². The number of carbonyl (C=O) groups excluding carboxylic acids is 1. The summed E-state index contributed by atoms with van der Waals surface area (Å²) < 4.78 is 25.6. The molecule has 0 spiro atoms. The fourth-order valence-corrected chi connectivity index (χ4v) is 4.58. The molecule has 1 aromatic carbocycles. The molecule has 2 rings (SSSR count). The zero-order valence-electron chi connectivity index (χ0n) is 15.3. The molecule has 0 bridgehead atoms. The number of benzene rings is 1. The van der Waals surface area contributed by atoms with Gasteiger partial charge in [0.15, 0.2) is 9.84 Å². The number of nitro benzene ring substituents is 1. The Labute approximate surface area is 165 Å². The quantitative estimate of drug-likeness (QED) is 0.551. The van der Waals surface area contributed by atoms with Crippen molar-refractivity contribution in [3.8, 4) is 0 Å². The van der Waals surface area contributed by atoms with Crippen LogP contribution < -0.4 is 5.32 Å². The number of rotatable bonds is 6. The predicted octanol–water partition coefficient (Wildman–Crippen LogP) is 1.53. The Balaban J connectivity index is 0.00000364. The van der Waals surface area contributed by atoms with Gasteiger partial charge >= 0.3 is 6.03 Å². The van der Waals surface area contributed by atoms with E-state index < -0.39 is 20.0 Å². The van der Waals surface area contributed by atoms with Gasteiger partial charge in [0, 0.05) is 38.3 Å². The van der Waals surface area contributed by atoms with Gasteiger partial charge in [0.05, 0.1) is 15.1 Å². The normalized spacial score (nSPS) is 17.3. The molecular weight excluding hydrogens is 396 g/mol. The summed E-state index contributed by atoms with van der Waals surface area (Å²) in [4.78, 5) is 25.9. The molecule has 1 aromatic rings. The Morgan fingerprint density at radius 1 is 1.33 bits per heavy atom. The van der Waals surface area contributed by atoms with Crippen molar-refractivity contribution in [1.82, 2.24) is 15.1 Å². The fraction of sp³-hybridized carbons (Fsp3) is 0.562. The highest BCUT2D eigenvalue weighted by Crippen LogP contribution is 2.25. The van der Waals surface area contributed by atoms with Gasteiger partial charge in [-0.15, -0.1) is 12.4 Å². The van der Waals surface area contributed by atoms with Crippen LogP contribution in [-0.2, 0) is 9.84 Å². The van der Waals surface area contributed by atoms with E-state index in [4.69, 9.17) is 0 Å². The standard InChI is InChI=1S/C16H24N4O5S.ClH/c1-18(2)11-9-17-16(21)19-10-3-4-15(12-19)26(24,25)14-7-5-13(6-8-14)20(22)23;/h5-8,15H,3-4,9-12H2,1-2H3,(H,17,21);1H. The first-order valence-electron chi connectivity index (χ1n) is 8.37. The number of non-ortho nitro benzene ring substituents is 1. The lowest BCUT2D eigenvalue weighted by atomic mass is 10.1. The summed E-state index contributed by atoms with van der Waals surface area (Å²) >= 11 is 0. The van der Waals surface area contributed by atoms with Crippen LogP contribution in [0.5, 0.6) is 0 Å². The second-order valence-electron chi connectivity index (χ2n) is 6.54. The minimum Gasteiger partial charge on any atom is -0.337 e. The van der Waals surface area contributed by atoms with Crippen molar-refractivity contribution >= 4 is 34.0 Å². The number of hydrogen-bond acceptors (Lipinski definition) is 6. The van der Waals surface area contributed by atoms with Crippen molar-refractivity contribution in [1.29, 1.82) is 0 Å². The predicted molar refractivity (Wildman–Crippen MR) is 104 cm³/mol. The lowest BCUT2D eigenvalue weighted by molar-refractivity contribution is -0.384. The first kappa shape index (κ1) is 23.1. The van der Waals surface area contributed by atoms with Crippen LogP contribution in [0.25, 0.3) is 0 Å². The van der Waals surface area contributed by atoms with Crippen LogP contribution in [0.4, 0.5) is 10.5 Å². The van der Waals surface area contributed by atoms with Gasteiger partial charge in [-0.2, -0.15) is 0 Å². The smallest absolute Gasteiger partial charge is 0.317 e. The molecule has 0 aromatic heterocycles. The number of piperidine rings is 1. The topological polar surface area (TPSA) is 113 Å². The Hall–Kier alpha value is -1.91. The lowest BCUT2D eigenvalue weighted by Gasteiger charge is -2.32. The number of urea groups is 1. The van der Waals surface area contributed by atoms with Crippen LogP contribution in [0.15, 0.2) is 29.2 Å². The second kappa shape index (κ2) is 9.86. The van der Waals surface area contributed by atoms with Crippen molar-refractivity contribution < 1.29 is 18.1 Å². The molecule has 2 amide bonds. The number of nitrogens with one attached hydrogen (secondary N) is 1. The molecule has 1 heterocycles. The second-order valence-corrected chi connectivity index (χ2v) is 8.77. The van der Waals surface area contributed by atoms with Gasteiger partial charge in [0.1, 0.15) is 0 Å². The largest absolute Gasteiger partial charge is 0.337 e. The van der Waals surface area contributed by atoms with E-state index >= 15 is 0 Å². The minimum absolute atomic E-state index is 0. The third-order valence-electron chi connectivity index (χ3n) is 4.32. The van der Waals surface area contributed by atoms with Crippen LogP contribution in [0.3, 0.4) is 0 Å². The third-order valence-corrected chi connectivity index (χ3v) is 6.51. The number of likely N-dealkylation sites (tertiary alicyclic amines) is 1. The van der Waals surface area contributed by atoms with Gasteiger partial charge in [0.2, 0.25) is 0 Å². The highest BCUT2D eigenvalue weighted by molar-refractivity contribution is 7.92. The van der Waals surface area contributed by atoms with E-state index in [0.717, 1.165) is 0 Å². The maximum atomic E-state index is 12.8. The molecule has 0 radical (unpaired) electrons. The Kier molecular flexibility index (Phi) is 8.45. The monoisotopic (exact) mass is 420 g/mol. The molecule has 1 saturated heterocycles. The Morgan fingerprint density at radius 3 is 2.52 bits per heavy atom. The average molecular weight is 421 g/mol. The maximum Gasteiger partial charge on any atom is 0.317 e. The number of nitro groups is 1. The fourth-order valence-electron chi connectivity index (χ4n) is 2.82. The number of likely N-dealkylation sites (N-methyl/N-ethyl adjacent to an activating group) is 1. The van der Waals surface area contributed by atoms with Crippen LogP contribution in [0, 0.1) is 10.1 Å². The number of sulfone groups is 1. The first-order valence-corrected chi connectivity index (χ1v) is 9.92. The van der Waals surface area contributed by atoms with Crippen LogP contribution >= 0.6 is 12.4 Å². The van der Waals surface area contributed by atoms with Gasteiger partial charge in [-0.25, -0.2) is 13.2 Å². The molecule has 0 aliphatic carbocycles. The van der Waals surface area contributed by atoms with Crippen LogP contribution in [0.2, 0.25) is 0 Å². The molecule has 1 unspecified atom stereocenters. The molecule has 11 heteroatoms. The molecule has 9 nitrogen and oxygen atoms in total. The molecule has 0 saturated carbocycles. The van der Waals surface area contributed by atoms with E-state index in [1.54, 1.807) is 0 Å². The Bertz CT molecular complexity index is 755. The minimum atomic E-state index is -3.66. The number of carbonyl (C=O) groups is 1. The van der Waals surface area contributed by atoms with E-state index in [1.807, 2.05) is 19.0 Å². The zero-order chi connectivity index (χ0) is 19.3. The van der Waals surface area contributed by atoms with Crippen molar-refractivity contribution in [2.24, 2.45) is 0 Å². The molecule has 1 fully saturated rings. The molecule has 1 aliphatic heterocycles. The highest BCUT2D eigenvalue weighted by Gasteiger charge is 2.34. The van der Waals surface area contributed by atoms with Crippen molar-refractivity contribution in [3.05, 3.63) is 34.4 Å².